The van der Waals surface area contributed by atoms with Crippen molar-refractivity contribution in [3.63, 3.8) is 0 Å². The second-order valence-electron chi connectivity index (χ2n) is 12.5. The average Bonchev–Trinajstić information content (AvgIpc) is 3.38. The number of likely N-dealkylation sites (tertiary alicyclic amines) is 1. The Kier molecular flexibility index (Phi) is 9.61. The van der Waals surface area contributed by atoms with E-state index < -0.39 is 11.6 Å². The molecule has 1 aliphatic heterocycles. The van der Waals surface area contributed by atoms with E-state index >= 15 is 0 Å². The van der Waals surface area contributed by atoms with Crippen LogP contribution in [0.4, 0.5) is 20.4 Å². The van der Waals surface area contributed by atoms with E-state index in [2.05, 4.69) is 20.2 Å². The molecule has 0 amide bonds. The number of rotatable bonds is 10. The molecule has 2 saturated carbocycles. The van der Waals surface area contributed by atoms with Crippen LogP contribution in [0, 0.1) is 23.5 Å². The number of hydrogen-bond donors (Lipinski definition) is 2. The van der Waals surface area contributed by atoms with Gasteiger partial charge in [0, 0.05) is 25.6 Å². The molecule has 1 aromatic carbocycles. The molecule has 3 fully saturated rings. The van der Waals surface area contributed by atoms with E-state index in [4.69, 9.17) is 9.72 Å². The molecule has 42 heavy (non-hydrogen) atoms. The van der Waals surface area contributed by atoms with Gasteiger partial charge in [0.1, 0.15) is 28.7 Å². The third-order valence-electron chi connectivity index (χ3n) is 9.60. The number of halogens is 2. The second-order valence-corrected chi connectivity index (χ2v) is 12.5. The first-order valence-electron chi connectivity index (χ1n) is 16.0. The van der Waals surface area contributed by atoms with Gasteiger partial charge in [-0.2, -0.15) is 0 Å². The van der Waals surface area contributed by atoms with Crippen LogP contribution in [0.15, 0.2) is 24.4 Å². The number of ether oxygens (including phenoxy) is 1. The van der Waals surface area contributed by atoms with Gasteiger partial charge in [0.15, 0.2) is 5.65 Å². The van der Waals surface area contributed by atoms with E-state index in [-0.39, 0.29) is 24.3 Å². The van der Waals surface area contributed by atoms with Gasteiger partial charge < -0.3 is 20.1 Å². The number of fused-ring (bicyclic) bond motifs is 1. The highest BCUT2D eigenvalue weighted by atomic mass is 19.1. The van der Waals surface area contributed by atoms with Gasteiger partial charge in [-0.05, 0) is 101 Å². The summed E-state index contributed by atoms with van der Waals surface area (Å²) in [6.07, 6.45) is 14.6. The molecule has 1 saturated heterocycles. The van der Waals surface area contributed by atoms with Gasteiger partial charge in [0.05, 0.1) is 18.9 Å². The zero-order valence-corrected chi connectivity index (χ0v) is 24.5. The summed E-state index contributed by atoms with van der Waals surface area (Å²) in [6.45, 7) is 4.47. The van der Waals surface area contributed by atoms with Crippen molar-refractivity contribution >= 4 is 22.8 Å². The zero-order chi connectivity index (χ0) is 28.9. The maximum atomic E-state index is 14.6. The van der Waals surface area contributed by atoms with Crippen LogP contribution in [-0.2, 0) is 11.2 Å². The summed E-state index contributed by atoms with van der Waals surface area (Å²) < 4.78 is 37.4. The van der Waals surface area contributed by atoms with E-state index in [1.54, 1.807) is 6.20 Å². The fourth-order valence-corrected chi connectivity index (χ4v) is 7.07. The molecule has 10 heteroatoms. The Morgan fingerprint density at radius 1 is 0.905 bits per heavy atom. The Morgan fingerprint density at radius 3 is 2.33 bits per heavy atom. The third kappa shape index (κ3) is 6.92. The van der Waals surface area contributed by atoms with Crippen molar-refractivity contribution in [2.24, 2.45) is 11.8 Å². The van der Waals surface area contributed by atoms with Crippen molar-refractivity contribution in [3.8, 4) is 0 Å². The lowest BCUT2D eigenvalue weighted by Crippen LogP contribution is -2.34. The topological polar surface area (TPSA) is 88.3 Å². The average molecular weight is 583 g/mol. The monoisotopic (exact) mass is 582 g/mol. The number of anilines is 2. The quantitative estimate of drug-likeness (QED) is 0.295. The molecule has 2 aliphatic carbocycles. The van der Waals surface area contributed by atoms with Crippen molar-refractivity contribution in [2.75, 3.05) is 38.2 Å². The van der Waals surface area contributed by atoms with Crippen LogP contribution in [0.3, 0.4) is 0 Å². The first-order valence-corrected chi connectivity index (χ1v) is 16.0. The zero-order valence-electron chi connectivity index (χ0n) is 24.5. The number of benzene rings is 1. The van der Waals surface area contributed by atoms with Gasteiger partial charge in [-0.1, -0.05) is 12.5 Å². The summed E-state index contributed by atoms with van der Waals surface area (Å²) in [4.78, 5) is 16.9. The highest BCUT2D eigenvalue weighted by Gasteiger charge is 2.28. The normalized spacial score (nSPS) is 25.6. The minimum Gasteiger partial charge on any atom is -0.396 e. The maximum absolute atomic E-state index is 14.6. The van der Waals surface area contributed by atoms with Gasteiger partial charge in [-0.3, -0.25) is 4.57 Å². The molecule has 0 bridgehead atoms. The number of para-hydroxylation sites is 1. The van der Waals surface area contributed by atoms with Crippen molar-refractivity contribution in [2.45, 2.75) is 89.2 Å². The molecule has 0 atom stereocenters. The van der Waals surface area contributed by atoms with Gasteiger partial charge in [-0.25, -0.2) is 23.7 Å². The molecule has 0 spiro atoms. The molecule has 3 heterocycles. The summed E-state index contributed by atoms with van der Waals surface area (Å²) in [7, 11) is 0. The van der Waals surface area contributed by atoms with E-state index in [1.165, 1.54) is 50.6 Å². The van der Waals surface area contributed by atoms with Crippen LogP contribution in [-0.4, -0.2) is 68.5 Å². The summed E-state index contributed by atoms with van der Waals surface area (Å²) in [5.41, 5.74) is 1.08. The van der Waals surface area contributed by atoms with Crippen LogP contribution >= 0.6 is 0 Å². The Morgan fingerprint density at radius 2 is 1.62 bits per heavy atom. The number of aliphatic hydroxyl groups excluding tert-OH is 1. The van der Waals surface area contributed by atoms with Crippen molar-refractivity contribution in [1.82, 2.24) is 24.4 Å². The fourth-order valence-electron chi connectivity index (χ4n) is 7.07. The summed E-state index contributed by atoms with van der Waals surface area (Å²) >= 11 is 0. The minimum absolute atomic E-state index is 0.0652. The van der Waals surface area contributed by atoms with E-state index in [0.29, 0.717) is 29.1 Å². The number of piperidine rings is 1. The Labute approximate surface area is 246 Å². The molecule has 2 N–H and O–H groups in total. The maximum Gasteiger partial charge on any atom is 0.210 e. The lowest BCUT2D eigenvalue weighted by Gasteiger charge is -2.30. The van der Waals surface area contributed by atoms with Crippen LogP contribution in [0.5, 0.6) is 0 Å². The van der Waals surface area contributed by atoms with E-state index in [0.717, 1.165) is 76.8 Å². The molecule has 228 valence electrons. The van der Waals surface area contributed by atoms with Crippen LogP contribution in [0.2, 0.25) is 0 Å². The summed E-state index contributed by atoms with van der Waals surface area (Å²) in [6, 6.07) is 3.88. The smallest absolute Gasteiger partial charge is 0.210 e. The Hall–Kier alpha value is -2.69. The predicted molar refractivity (Wildman–Crippen MR) is 159 cm³/mol. The highest BCUT2D eigenvalue weighted by Crippen LogP contribution is 2.37. The van der Waals surface area contributed by atoms with E-state index in [9.17, 15) is 13.9 Å². The van der Waals surface area contributed by atoms with Crippen molar-refractivity contribution in [1.29, 1.82) is 0 Å². The SMILES string of the molecule is OCC1CCC(n2c(Nc3c(F)cccc3F)nc3cnc(CC4CCC(OCCN5CCCCC5)CC4)nc32)CC1. The predicted octanol–water partition coefficient (Wildman–Crippen LogP) is 6.18. The Bertz CT molecular complexity index is 1290. The minimum atomic E-state index is -0.671. The molecule has 8 nitrogen and oxygen atoms in total. The van der Waals surface area contributed by atoms with Crippen LogP contribution in [0.1, 0.15) is 82.5 Å². The summed E-state index contributed by atoms with van der Waals surface area (Å²) in [5, 5.41) is 12.6. The lowest BCUT2D eigenvalue weighted by atomic mass is 9.85. The molecular weight excluding hydrogens is 538 g/mol. The molecule has 0 unspecified atom stereocenters. The number of nitrogens with one attached hydrogen (secondary N) is 1. The van der Waals surface area contributed by atoms with Gasteiger partial charge in [-0.15, -0.1) is 0 Å². The van der Waals surface area contributed by atoms with E-state index in [1.807, 2.05) is 4.57 Å². The summed E-state index contributed by atoms with van der Waals surface area (Å²) in [5.74, 6) is 0.600. The standard InChI is InChI=1S/C32H44F2N6O2/c33-26-5-4-6-27(34)30(26)38-32-36-28-20-35-29(37-31(28)40(32)24-11-7-23(21-41)8-12-24)19-22-9-13-25(14-10-22)42-18-17-39-15-2-1-3-16-39/h4-6,20,22-25,41H,1-3,7-19,21H2,(H,36,38). The molecule has 3 aromatic rings. The van der Waals surface area contributed by atoms with Crippen molar-refractivity contribution < 1.29 is 18.6 Å². The number of aliphatic hydroxyl groups is 1. The van der Waals surface area contributed by atoms with Crippen molar-refractivity contribution in [3.05, 3.63) is 41.9 Å². The van der Waals surface area contributed by atoms with Crippen LogP contribution in [0.25, 0.3) is 11.2 Å². The van der Waals surface area contributed by atoms with Gasteiger partial charge in [0.25, 0.3) is 0 Å². The first kappa shape index (κ1) is 29.4. The highest BCUT2D eigenvalue weighted by molar-refractivity contribution is 5.75. The molecule has 3 aliphatic rings. The Balaban J connectivity index is 1.14. The number of hydrogen-bond acceptors (Lipinski definition) is 7. The molecule has 6 rings (SSSR count). The molecule has 0 radical (unpaired) electrons. The van der Waals surface area contributed by atoms with Crippen LogP contribution < -0.4 is 5.32 Å². The number of nitrogens with zero attached hydrogens (tertiary/aromatic N) is 5. The first-order chi connectivity index (χ1) is 20.6. The molecular formula is C32H44F2N6O2. The van der Waals surface area contributed by atoms with Gasteiger partial charge >= 0.3 is 0 Å². The largest absolute Gasteiger partial charge is 0.396 e. The number of aromatic nitrogens is 4. The fraction of sp³-hybridized carbons (Fsp3) is 0.656. The number of imidazole rings is 1. The molecule has 2 aromatic heterocycles. The lowest BCUT2D eigenvalue weighted by molar-refractivity contribution is 0.00529. The van der Waals surface area contributed by atoms with Gasteiger partial charge in [0.2, 0.25) is 5.95 Å². The third-order valence-corrected chi connectivity index (χ3v) is 9.60. The second kappa shape index (κ2) is 13.7.